The number of hydrogen-bond acceptors (Lipinski definition) is 4. The van der Waals surface area contributed by atoms with Gasteiger partial charge < -0.3 is 5.73 Å². The van der Waals surface area contributed by atoms with Crippen LogP contribution in [0.5, 0.6) is 0 Å². The van der Waals surface area contributed by atoms with E-state index in [1.165, 1.54) is 69.8 Å². The van der Waals surface area contributed by atoms with E-state index in [0.29, 0.717) is 5.54 Å². The standard InChI is InChI=1S/C14H27N3S/c15-12-14(4-9-18-10-5-14)17-8-7-16-6-2-1-3-13(16)11-17/h13H,1-12,15H2. The molecule has 0 radical (unpaired) electrons. The zero-order valence-electron chi connectivity index (χ0n) is 11.4. The maximum Gasteiger partial charge on any atom is 0.0348 e. The Labute approximate surface area is 115 Å². The second kappa shape index (κ2) is 5.70. The molecule has 3 saturated heterocycles. The smallest absolute Gasteiger partial charge is 0.0348 e. The summed E-state index contributed by atoms with van der Waals surface area (Å²) in [6.45, 7) is 6.00. The quantitative estimate of drug-likeness (QED) is 0.821. The van der Waals surface area contributed by atoms with Crippen molar-refractivity contribution in [1.82, 2.24) is 9.80 Å². The Morgan fingerprint density at radius 2 is 1.94 bits per heavy atom. The van der Waals surface area contributed by atoms with Gasteiger partial charge in [0.2, 0.25) is 0 Å². The fraction of sp³-hybridized carbons (Fsp3) is 1.00. The van der Waals surface area contributed by atoms with Crippen LogP contribution in [0.4, 0.5) is 0 Å². The van der Waals surface area contributed by atoms with E-state index in [1.807, 2.05) is 0 Å². The van der Waals surface area contributed by atoms with Crippen LogP contribution >= 0.6 is 11.8 Å². The fourth-order valence-corrected chi connectivity index (χ4v) is 5.24. The van der Waals surface area contributed by atoms with E-state index in [4.69, 9.17) is 5.73 Å². The molecule has 3 nitrogen and oxygen atoms in total. The van der Waals surface area contributed by atoms with E-state index in [9.17, 15) is 0 Å². The Hall–Kier alpha value is 0.230. The van der Waals surface area contributed by atoms with Crippen LogP contribution in [0.25, 0.3) is 0 Å². The van der Waals surface area contributed by atoms with Gasteiger partial charge in [-0.1, -0.05) is 6.42 Å². The SMILES string of the molecule is NCC1(N2CCN3CCCCC3C2)CCSCC1. The molecule has 1 unspecified atom stereocenters. The van der Waals surface area contributed by atoms with Gasteiger partial charge in [-0.25, -0.2) is 0 Å². The van der Waals surface area contributed by atoms with Crippen molar-refractivity contribution in [3.05, 3.63) is 0 Å². The van der Waals surface area contributed by atoms with E-state index < -0.39 is 0 Å². The van der Waals surface area contributed by atoms with Crippen LogP contribution in [0.1, 0.15) is 32.1 Å². The van der Waals surface area contributed by atoms with Gasteiger partial charge in [-0.05, 0) is 43.7 Å². The van der Waals surface area contributed by atoms with Crippen molar-refractivity contribution in [2.24, 2.45) is 5.73 Å². The van der Waals surface area contributed by atoms with Gasteiger partial charge in [-0.15, -0.1) is 0 Å². The number of piperidine rings is 1. The van der Waals surface area contributed by atoms with E-state index in [0.717, 1.165) is 12.6 Å². The Morgan fingerprint density at radius 3 is 2.72 bits per heavy atom. The highest BCUT2D eigenvalue weighted by Gasteiger charge is 2.41. The summed E-state index contributed by atoms with van der Waals surface area (Å²) in [5.74, 6) is 2.62. The van der Waals surface area contributed by atoms with Crippen LogP contribution in [0.15, 0.2) is 0 Å². The summed E-state index contributed by atoms with van der Waals surface area (Å²) in [5, 5.41) is 0. The number of hydrogen-bond donors (Lipinski definition) is 1. The molecule has 0 aromatic rings. The monoisotopic (exact) mass is 269 g/mol. The Balaban J connectivity index is 1.68. The highest BCUT2D eigenvalue weighted by Crippen LogP contribution is 2.34. The number of piperazine rings is 1. The molecule has 0 spiro atoms. The molecule has 0 aromatic carbocycles. The first-order valence-corrected chi connectivity index (χ1v) is 8.76. The number of nitrogens with two attached hydrogens (primary N) is 1. The topological polar surface area (TPSA) is 32.5 Å². The van der Waals surface area contributed by atoms with Crippen molar-refractivity contribution in [2.75, 3.05) is 44.2 Å². The largest absolute Gasteiger partial charge is 0.329 e. The Bertz CT molecular complexity index is 278. The summed E-state index contributed by atoms with van der Waals surface area (Å²) in [5.41, 5.74) is 6.51. The normalized spacial score (nSPS) is 34.2. The molecular weight excluding hydrogens is 242 g/mol. The maximum absolute atomic E-state index is 6.17. The molecule has 3 aliphatic heterocycles. The van der Waals surface area contributed by atoms with Crippen LogP contribution in [0.3, 0.4) is 0 Å². The summed E-state index contributed by atoms with van der Waals surface area (Å²) < 4.78 is 0. The molecule has 0 amide bonds. The second-order valence-electron chi connectivity index (χ2n) is 6.17. The first kappa shape index (κ1) is 13.2. The van der Waals surface area contributed by atoms with E-state index in [1.54, 1.807) is 0 Å². The van der Waals surface area contributed by atoms with Gasteiger partial charge in [-0.3, -0.25) is 9.80 Å². The van der Waals surface area contributed by atoms with Gasteiger partial charge in [0.1, 0.15) is 0 Å². The minimum absolute atomic E-state index is 0.342. The Kier molecular flexibility index (Phi) is 4.18. The van der Waals surface area contributed by atoms with Crippen molar-refractivity contribution in [1.29, 1.82) is 0 Å². The molecule has 0 bridgehead atoms. The lowest BCUT2D eigenvalue weighted by Gasteiger charge is -2.53. The first-order chi connectivity index (χ1) is 8.84. The molecule has 3 rings (SSSR count). The number of nitrogens with zero attached hydrogens (tertiary/aromatic N) is 2. The van der Waals surface area contributed by atoms with Crippen LogP contribution in [-0.2, 0) is 0 Å². The van der Waals surface area contributed by atoms with Crippen molar-refractivity contribution in [3.63, 3.8) is 0 Å². The molecule has 0 aliphatic carbocycles. The summed E-state index contributed by atoms with van der Waals surface area (Å²) in [7, 11) is 0. The minimum Gasteiger partial charge on any atom is -0.329 e. The third-order valence-electron chi connectivity index (χ3n) is 5.31. The molecular formula is C14H27N3S. The first-order valence-electron chi connectivity index (χ1n) is 7.61. The molecule has 1 atom stereocenters. The predicted octanol–water partition coefficient (Wildman–Crippen LogP) is 1.38. The highest BCUT2D eigenvalue weighted by atomic mass is 32.2. The van der Waals surface area contributed by atoms with Gasteiger partial charge in [0.25, 0.3) is 0 Å². The highest BCUT2D eigenvalue weighted by molar-refractivity contribution is 7.99. The van der Waals surface area contributed by atoms with Crippen LogP contribution in [0, 0.1) is 0 Å². The molecule has 0 aromatic heterocycles. The summed E-state index contributed by atoms with van der Waals surface area (Å²) in [6, 6.07) is 0.825. The van der Waals surface area contributed by atoms with E-state index in [2.05, 4.69) is 21.6 Å². The van der Waals surface area contributed by atoms with Gasteiger partial charge in [0.15, 0.2) is 0 Å². The molecule has 0 saturated carbocycles. The van der Waals surface area contributed by atoms with Crippen LogP contribution in [-0.4, -0.2) is 65.6 Å². The van der Waals surface area contributed by atoms with Crippen molar-refractivity contribution in [3.8, 4) is 0 Å². The summed E-state index contributed by atoms with van der Waals surface area (Å²) >= 11 is 2.11. The molecule has 2 N–H and O–H groups in total. The average molecular weight is 269 g/mol. The molecule has 104 valence electrons. The Morgan fingerprint density at radius 1 is 1.11 bits per heavy atom. The minimum atomic E-state index is 0.342. The lowest BCUT2D eigenvalue weighted by molar-refractivity contribution is -0.0146. The van der Waals surface area contributed by atoms with Gasteiger partial charge in [0.05, 0.1) is 0 Å². The summed E-state index contributed by atoms with van der Waals surface area (Å²) in [6.07, 6.45) is 6.86. The lowest BCUT2D eigenvalue weighted by Crippen LogP contribution is -2.64. The van der Waals surface area contributed by atoms with Gasteiger partial charge in [-0.2, -0.15) is 11.8 Å². The molecule has 3 aliphatic rings. The van der Waals surface area contributed by atoms with E-state index >= 15 is 0 Å². The molecule has 3 fully saturated rings. The second-order valence-corrected chi connectivity index (χ2v) is 7.40. The predicted molar refractivity (Wildman–Crippen MR) is 79.1 cm³/mol. The number of fused-ring (bicyclic) bond motifs is 1. The van der Waals surface area contributed by atoms with Crippen LogP contribution < -0.4 is 5.73 Å². The van der Waals surface area contributed by atoms with E-state index in [-0.39, 0.29) is 0 Å². The lowest BCUT2D eigenvalue weighted by atomic mass is 9.87. The summed E-state index contributed by atoms with van der Waals surface area (Å²) in [4.78, 5) is 5.49. The zero-order chi connectivity index (χ0) is 12.4. The maximum atomic E-state index is 6.17. The molecule has 4 heteroatoms. The van der Waals surface area contributed by atoms with Crippen LogP contribution in [0.2, 0.25) is 0 Å². The zero-order valence-corrected chi connectivity index (χ0v) is 12.3. The van der Waals surface area contributed by atoms with Crippen molar-refractivity contribution in [2.45, 2.75) is 43.7 Å². The molecule has 3 heterocycles. The number of thioether (sulfide) groups is 1. The third-order valence-corrected chi connectivity index (χ3v) is 6.30. The third kappa shape index (κ3) is 2.45. The van der Waals surface area contributed by atoms with Gasteiger partial charge in [0, 0.05) is 37.8 Å². The average Bonchev–Trinajstić information content (AvgIpc) is 2.47. The van der Waals surface area contributed by atoms with Crippen molar-refractivity contribution >= 4 is 11.8 Å². The van der Waals surface area contributed by atoms with Gasteiger partial charge >= 0.3 is 0 Å². The molecule has 18 heavy (non-hydrogen) atoms. The van der Waals surface area contributed by atoms with Crippen molar-refractivity contribution < 1.29 is 0 Å². The number of rotatable bonds is 2. The fourth-order valence-electron chi connectivity index (χ4n) is 3.99.